The summed E-state index contributed by atoms with van der Waals surface area (Å²) in [6.07, 6.45) is 2.72. The van der Waals surface area contributed by atoms with Gasteiger partial charge < -0.3 is 14.4 Å². The first-order valence-corrected chi connectivity index (χ1v) is 16.2. The van der Waals surface area contributed by atoms with E-state index in [1.165, 1.54) is 27.1 Å². The summed E-state index contributed by atoms with van der Waals surface area (Å²) in [5.41, 5.74) is 1.09. The van der Waals surface area contributed by atoms with Crippen molar-refractivity contribution in [3.8, 4) is 5.75 Å². The first kappa shape index (κ1) is 28.8. The molecule has 10 nitrogen and oxygen atoms in total. The first-order chi connectivity index (χ1) is 19.5. The van der Waals surface area contributed by atoms with Crippen LogP contribution in [0.3, 0.4) is 0 Å². The normalized spacial score (nSPS) is 15.4. The average molecular weight is 598 g/mol. The molecule has 0 aliphatic carbocycles. The number of aromatic nitrogens is 2. The largest absolute Gasteiger partial charge is 0.491 e. The van der Waals surface area contributed by atoms with E-state index in [0.29, 0.717) is 24.0 Å². The predicted octanol–water partition coefficient (Wildman–Crippen LogP) is 4.31. The molecule has 1 aliphatic rings. The number of hydrogen-bond donors (Lipinski definition) is 1. The topological polar surface area (TPSA) is 136 Å². The number of piperidine rings is 1. The molecule has 2 aromatic heterocycles. The van der Waals surface area contributed by atoms with E-state index in [-0.39, 0.29) is 52.1 Å². The summed E-state index contributed by atoms with van der Waals surface area (Å²) >= 11 is 0. The number of carbonyl (C=O) groups is 1. The van der Waals surface area contributed by atoms with Gasteiger partial charge in [-0.15, -0.1) is 0 Å². The number of ether oxygens (including phenoxy) is 1. The number of hydrogen-bond acceptors (Lipinski definition) is 7. The molecule has 0 bridgehead atoms. The van der Waals surface area contributed by atoms with Crippen LogP contribution in [0.1, 0.15) is 38.2 Å². The van der Waals surface area contributed by atoms with E-state index < -0.39 is 25.8 Å². The fourth-order valence-electron chi connectivity index (χ4n) is 5.15. The van der Waals surface area contributed by atoms with Gasteiger partial charge in [0.25, 0.3) is 0 Å². The number of pyridine rings is 1. The number of benzene rings is 2. The monoisotopic (exact) mass is 597 g/mol. The fourth-order valence-corrected chi connectivity index (χ4v) is 7.83. The highest BCUT2D eigenvalue weighted by atomic mass is 32.2. The van der Waals surface area contributed by atoms with Crippen LogP contribution in [0.25, 0.3) is 11.0 Å². The van der Waals surface area contributed by atoms with E-state index in [1.807, 2.05) is 13.8 Å². The van der Waals surface area contributed by atoms with Crippen LogP contribution in [-0.2, 0) is 31.2 Å². The molecule has 0 atom stereocenters. The van der Waals surface area contributed by atoms with Crippen LogP contribution < -0.4 is 4.74 Å². The maximum atomic E-state index is 13.3. The van der Waals surface area contributed by atoms with E-state index in [1.54, 1.807) is 54.7 Å². The number of sulfonamides is 1. The summed E-state index contributed by atoms with van der Waals surface area (Å²) in [6, 6.07) is 17.4. The number of aliphatic carboxylic acids is 1. The van der Waals surface area contributed by atoms with E-state index in [0.717, 1.165) is 5.56 Å². The Hall–Kier alpha value is -3.74. The molecule has 1 N–H and O–H groups in total. The summed E-state index contributed by atoms with van der Waals surface area (Å²) in [4.78, 5) is 16.3. The fraction of sp³-hybridized carbons (Fsp3) is 0.310. The molecule has 4 aromatic rings. The van der Waals surface area contributed by atoms with Crippen molar-refractivity contribution < 1.29 is 31.5 Å². The summed E-state index contributed by atoms with van der Waals surface area (Å²) < 4.78 is 61.5. The van der Waals surface area contributed by atoms with Gasteiger partial charge in [-0.25, -0.2) is 21.8 Å². The van der Waals surface area contributed by atoms with Crippen molar-refractivity contribution in [3.63, 3.8) is 0 Å². The van der Waals surface area contributed by atoms with Crippen molar-refractivity contribution >= 4 is 36.9 Å². The molecule has 12 heteroatoms. The number of carboxylic acid groups (broad SMARTS) is 1. The third kappa shape index (κ3) is 5.85. The molecule has 216 valence electrons. The second-order valence-corrected chi connectivity index (χ2v) is 14.1. The van der Waals surface area contributed by atoms with Crippen LogP contribution in [0, 0.1) is 0 Å². The van der Waals surface area contributed by atoms with Crippen molar-refractivity contribution in [1.82, 2.24) is 13.9 Å². The van der Waals surface area contributed by atoms with Crippen LogP contribution in [0.2, 0.25) is 0 Å². The number of fused-ring (bicyclic) bond motifs is 1. The Labute approximate surface area is 239 Å². The van der Waals surface area contributed by atoms with E-state index in [4.69, 9.17) is 4.74 Å². The van der Waals surface area contributed by atoms with Gasteiger partial charge in [0, 0.05) is 24.7 Å². The standard InChI is InChI=1S/C29H31N3O7S2/c1-20(2)39-22-8-10-24(11-9-22)41(37,38)32-16-14-21(15-17-32)26-18-31(19-28(33)34)29-25(26)12-13-27(30-29)40(35,36)23-6-4-3-5-7-23/h3-13,18,20-21H,14-17,19H2,1-2H3,(H,33,34). The number of nitrogens with zero attached hydrogens (tertiary/aromatic N) is 3. The molecule has 0 saturated carbocycles. The Morgan fingerprint density at radius 3 is 2.22 bits per heavy atom. The predicted molar refractivity (Wildman–Crippen MR) is 152 cm³/mol. The lowest BCUT2D eigenvalue weighted by atomic mass is 9.90. The maximum Gasteiger partial charge on any atom is 0.323 e. The Morgan fingerprint density at radius 2 is 1.61 bits per heavy atom. The van der Waals surface area contributed by atoms with Gasteiger partial charge in [-0.2, -0.15) is 4.31 Å². The molecular formula is C29H31N3O7S2. The number of rotatable bonds is 9. The quantitative estimate of drug-likeness (QED) is 0.302. The van der Waals surface area contributed by atoms with Gasteiger partial charge in [-0.1, -0.05) is 18.2 Å². The summed E-state index contributed by atoms with van der Waals surface area (Å²) in [7, 11) is -7.60. The summed E-state index contributed by atoms with van der Waals surface area (Å²) in [5, 5.41) is 9.98. The van der Waals surface area contributed by atoms with Gasteiger partial charge in [-0.3, -0.25) is 4.79 Å². The van der Waals surface area contributed by atoms with Gasteiger partial charge in [0.15, 0.2) is 5.03 Å². The lowest BCUT2D eigenvalue weighted by Gasteiger charge is -2.31. The lowest BCUT2D eigenvalue weighted by Crippen LogP contribution is -2.37. The van der Waals surface area contributed by atoms with Crippen LogP contribution in [0.5, 0.6) is 5.75 Å². The van der Waals surface area contributed by atoms with Crippen molar-refractivity contribution in [2.75, 3.05) is 13.1 Å². The summed E-state index contributed by atoms with van der Waals surface area (Å²) in [5.74, 6) is -0.541. The van der Waals surface area contributed by atoms with Gasteiger partial charge in [0.05, 0.1) is 15.9 Å². The van der Waals surface area contributed by atoms with E-state index >= 15 is 0 Å². The van der Waals surface area contributed by atoms with Crippen molar-refractivity contribution in [3.05, 3.63) is 78.5 Å². The number of sulfone groups is 1. The summed E-state index contributed by atoms with van der Waals surface area (Å²) in [6.45, 7) is 3.99. The zero-order valence-electron chi connectivity index (χ0n) is 22.7. The Bertz CT molecular complexity index is 1780. The zero-order valence-corrected chi connectivity index (χ0v) is 24.3. The van der Waals surface area contributed by atoms with Gasteiger partial charge in [0.1, 0.15) is 17.9 Å². The second kappa shape index (κ2) is 11.3. The van der Waals surface area contributed by atoms with Crippen molar-refractivity contribution in [1.29, 1.82) is 0 Å². The molecule has 0 unspecified atom stereocenters. The Balaban J connectivity index is 1.40. The molecule has 1 aliphatic heterocycles. The van der Waals surface area contributed by atoms with Gasteiger partial charge >= 0.3 is 5.97 Å². The third-order valence-electron chi connectivity index (χ3n) is 7.09. The van der Waals surface area contributed by atoms with Crippen LogP contribution >= 0.6 is 0 Å². The molecule has 1 saturated heterocycles. The Kier molecular flexibility index (Phi) is 7.91. The first-order valence-electron chi connectivity index (χ1n) is 13.3. The molecule has 5 rings (SSSR count). The highest BCUT2D eigenvalue weighted by molar-refractivity contribution is 7.91. The smallest absolute Gasteiger partial charge is 0.323 e. The Morgan fingerprint density at radius 1 is 0.951 bits per heavy atom. The van der Waals surface area contributed by atoms with Gasteiger partial charge in [0.2, 0.25) is 19.9 Å². The molecule has 0 spiro atoms. The molecule has 41 heavy (non-hydrogen) atoms. The molecule has 0 amide bonds. The third-order valence-corrected chi connectivity index (χ3v) is 10.7. The lowest BCUT2D eigenvalue weighted by molar-refractivity contribution is -0.137. The van der Waals surface area contributed by atoms with E-state index in [2.05, 4.69) is 4.98 Å². The highest BCUT2D eigenvalue weighted by Gasteiger charge is 2.32. The molecule has 2 aromatic carbocycles. The average Bonchev–Trinajstić information content (AvgIpc) is 3.30. The van der Waals surface area contributed by atoms with E-state index in [9.17, 15) is 26.7 Å². The van der Waals surface area contributed by atoms with Crippen molar-refractivity contribution in [2.45, 2.75) is 60.1 Å². The maximum absolute atomic E-state index is 13.3. The zero-order chi connectivity index (χ0) is 29.4. The van der Waals surface area contributed by atoms with Crippen LogP contribution in [0.4, 0.5) is 0 Å². The minimum absolute atomic E-state index is 0.0204. The number of carboxylic acids is 1. The SMILES string of the molecule is CC(C)Oc1ccc(S(=O)(=O)N2CCC(c3cn(CC(=O)O)c4nc(S(=O)(=O)c5ccccc5)ccc34)CC2)cc1. The van der Waals surface area contributed by atoms with Crippen LogP contribution in [-0.4, -0.2) is 61.0 Å². The molecular weight excluding hydrogens is 566 g/mol. The minimum atomic E-state index is -3.90. The molecule has 1 fully saturated rings. The van der Waals surface area contributed by atoms with Crippen LogP contribution in [0.15, 0.2) is 87.7 Å². The molecule has 0 radical (unpaired) electrons. The highest BCUT2D eigenvalue weighted by Crippen LogP contribution is 2.36. The van der Waals surface area contributed by atoms with Gasteiger partial charge in [-0.05, 0) is 86.7 Å². The second-order valence-electron chi connectivity index (χ2n) is 10.3. The molecule has 3 heterocycles. The minimum Gasteiger partial charge on any atom is -0.491 e. The van der Waals surface area contributed by atoms with Crippen molar-refractivity contribution in [2.24, 2.45) is 0 Å².